The Kier molecular flexibility index (Phi) is 69.5. The van der Waals surface area contributed by atoms with Crippen molar-refractivity contribution in [2.24, 2.45) is 40.9 Å². The second-order valence-corrected chi connectivity index (χ2v) is 53.5. The third-order valence-electron chi connectivity index (χ3n) is 26.5. The number of hydrogen-bond acceptors (Lipinski definition) is 21. The van der Waals surface area contributed by atoms with E-state index in [4.69, 9.17) is 42.6 Å². The average Bonchev–Trinajstić information content (AvgIpc) is 1.86. The molecule has 3 N–H and O–H groups in total. The highest BCUT2D eigenvalue weighted by Crippen LogP contribution is 2.28. The molecule has 9 saturated heterocycles. The van der Waals surface area contributed by atoms with E-state index in [2.05, 4.69) is 265 Å². The minimum absolute atomic E-state index is 0.0173. The van der Waals surface area contributed by atoms with Crippen molar-refractivity contribution in [3.8, 4) is 0 Å². The summed E-state index contributed by atoms with van der Waals surface area (Å²) < 4.78 is 51.1. The maximum absolute atomic E-state index is 9.82. The first kappa shape index (κ1) is 134. The maximum atomic E-state index is 9.82. The van der Waals surface area contributed by atoms with E-state index >= 15 is 0 Å². The zero-order valence-electron chi connectivity index (χ0n) is 98.6. The predicted molar refractivity (Wildman–Crippen MR) is 588 cm³/mol. The molecule has 9 heterocycles. The summed E-state index contributed by atoms with van der Waals surface area (Å²) in [6.07, 6.45) is 34.4. The number of nitrogens with zero attached hydrogens (tertiary/aromatic N) is 9. The van der Waals surface area contributed by atoms with Crippen molar-refractivity contribution >= 4 is 0 Å². The fourth-order valence-corrected chi connectivity index (χ4v) is 18.5. The van der Waals surface area contributed by atoms with Crippen molar-refractivity contribution in [2.45, 2.75) is 477 Å². The lowest BCUT2D eigenvalue weighted by molar-refractivity contribution is -0.0538. The third kappa shape index (κ3) is 85.8. The largest absolute Gasteiger partial charge is 0.391 e. The molecule has 10 rings (SSSR count). The standard InChI is InChI=1S/2C12H25NO2.5C12H25NO.C12H25N.2C10H21NO/c2*1-12(2,3)15-9-11(14)7-10-5-6-13(4)8-10;3*1-11-6-8-13(10-11)7-5-9-14-12(2,3)4;2*1-12(2,3)14-11-7-10-13-8-5-4-6-9-13;1-12(2,3)8-9-13-10-11-6-4-5-7-11;2*1-10(2,3)12-8-9-6-5-7-11(9)4/h2*10-11,14H,5-9H2,1-4H3;3*11H,5-10H2,1-4H3;2*4-11H2,1-3H3;11,13H,4-10H2,1-3H3;2*9H,5-8H2,1-4H3/t10?,11-;;2*11-;;;;;9-;/m0.10....0./s1. The molecular weight excluding hydrogens is 1710 g/mol. The molecule has 10 fully saturated rings. The van der Waals surface area contributed by atoms with E-state index in [1.54, 1.807) is 0 Å². The fraction of sp³-hybridized carbons (Fsp3) is 1.00. The molecule has 137 heavy (non-hydrogen) atoms. The van der Waals surface area contributed by atoms with Crippen LogP contribution in [0.15, 0.2) is 0 Å². The van der Waals surface area contributed by atoms with Crippen LogP contribution in [0.25, 0.3) is 0 Å². The van der Waals surface area contributed by atoms with E-state index < -0.39 is 0 Å². The minimum Gasteiger partial charge on any atom is -0.391 e. The van der Waals surface area contributed by atoms with Gasteiger partial charge in [-0.2, -0.15) is 0 Å². The number of rotatable bonds is 36. The monoisotopic (exact) mass is 1950 g/mol. The zero-order chi connectivity index (χ0) is 104. The summed E-state index contributed by atoms with van der Waals surface area (Å²) in [7, 11) is 8.64. The van der Waals surface area contributed by atoms with E-state index in [0.717, 1.165) is 109 Å². The van der Waals surface area contributed by atoms with E-state index in [9.17, 15) is 10.2 Å². The Morgan fingerprint density at radius 2 is 0.555 bits per heavy atom. The highest BCUT2D eigenvalue weighted by Gasteiger charge is 2.30. The van der Waals surface area contributed by atoms with Crippen LogP contribution in [0.5, 0.6) is 0 Å². The van der Waals surface area contributed by atoms with Gasteiger partial charge >= 0.3 is 0 Å². The van der Waals surface area contributed by atoms with Gasteiger partial charge in [0, 0.05) is 111 Å². The Morgan fingerprint density at radius 3 is 0.781 bits per heavy atom. The predicted octanol–water partition coefficient (Wildman–Crippen LogP) is 23.0. The molecule has 1 saturated carbocycles. The van der Waals surface area contributed by atoms with Crippen LogP contribution in [0, 0.1) is 40.9 Å². The van der Waals surface area contributed by atoms with Crippen molar-refractivity contribution in [3.63, 3.8) is 0 Å². The molecule has 9 aliphatic heterocycles. The molecule has 21 nitrogen and oxygen atoms in total. The second-order valence-electron chi connectivity index (χ2n) is 53.5. The van der Waals surface area contributed by atoms with Crippen LogP contribution in [0.3, 0.4) is 0 Å². The quantitative estimate of drug-likeness (QED) is 0.0507. The third-order valence-corrected chi connectivity index (χ3v) is 26.5. The van der Waals surface area contributed by atoms with Crippen LogP contribution in [0.4, 0.5) is 0 Å². The number of aliphatic hydroxyl groups is 2. The van der Waals surface area contributed by atoms with Crippen LogP contribution in [-0.4, -0.2) is 367 Å². The van der Waals surface area contributed by atoms with E-state index in [0.29, 0.717) is 42.5 Å². The van der Waals surface area contributed by atoms with Gasteiger partial charge in [0.25, 0.3) is 0 Å². The highest BCUT2D eigenvalue weighted by molar-refractivity contribution is 4.83. The Bertz CT molecular complexity index is 2540. The minimum atomic E-state index is -0.305. The molecule has 0 spiro atoms. The molecule has 822 valence electrons. The van der Waals surface area contributed by atoms with Crippen molar-refractivity contribution in [1.82, 2.24) is 49.4 Å². The van der Waals surface area contributed by atoms with Crippen LogP contribution in [-0.2, 0) is 42.6 Å². The van der Waals surface area contributed by atoms with Gasteiger partial charge in [0.2, 0.25) is 0 Å². The SMILES string of the molecule is CC(C)(C)CCNCC1CCCC1.CC(C)(C)OCCCN1CCCCC1.CC(C)(C)OCCCN1CCCCC1.CC1CCN(CCCOC(C)(C)C)C1.CN1CCC(CC(O)COC(C)(C)C)C1.CN1CCC(C[C@H](O)COC(C)(C)C)C1.CN1CCCC1COC(C)(C)C.CN1CCC[C@H]1COC(C)(C)C.C[C@@H]1CCN(CCCOC(C)(C)C)C1.C[C@H]1CCN(CCCOC(C)(C)C)C1. The van der Waals surface area contributed by atoms with Crippen LogP contribution < -0.4 is 5.32 Å². The number of hydrogen-bond donors (Lipinski definition) is 3. The number of aliphatic hydroxyl groups excluding tert-OH is 2. The van der Waals surface area contributed by atoms with Gasteiger partial charge in [0.15, 0.2) is 0 Å². The van der Waals surface area contributed by atoms with Crippen molar-refractivity contribution in [2.75, 3.05) is 238 Å². The lowest BCUT2D eigenvalue weighted by Gasteiger charge is -2.27. The number of piperidine rings is 2. The molecule has 10 aliphatic rings. The first-order chi connectivity index (χ1) is 63.4. The van der Waals surface area contributed by atoms with Gasteiger partial charge in [-0.05, 0) is 489 Å². The molecule has 9 atom stereocenters. The van der Waals surface area contributed by atoms with E-state index in [1.165, 1.54) is 285 Å². The van der Waals surface area contributed by atoms with E-state index in [-0.39, 0.29) is 62.6 Å². The Labute approximate surface area is 853 Å². The van der Waals surface area contributed by atoms with E-state index in [1.807, 2.05) is 41.5 Å². The number of ether oxygens (including phenoxy) is 9. The molecule has 5 unspecified atom stereocenters. The molecule has 0 bridgehead atoms. The van der Waals surface area contributed by atoms with Crippen LogP contribution in [0.2, 0.25) is 0 Å². The lowest BCUT2D eigenvalue weighted by Crippen LogP contribution is -2.33. The molecular formula is C116H242N10O11. The summed E-state index contributed by atoms with van der Waals surface area (Å²) in [5, 5.41) is 23.2. The maximum Gasteiger partial charge on any atom is 0.0777 e. The fourth-order valence-electron chi connectivity index (χ4n) is 18.5. The molecule has 0 radical (unpaired) electrons. The Balaban J connectivity index is 0.000000762. The van der Waals surface area contributed by atoms with Crippen molar-refractivity contribution < 1.29 is 52.8 Å². The molecule has 0 amide bonds. The van der Waals surface area contributed by atoms with Gasteiger partial charge in [-0.25, -0.2) is 0 Å². The molecule has 0 aromatic rings. The first-order valence-corrected chi connectivity index (χ1v) is 56.6. The van der Waals surface area contributed by atoms with Gasteiger partial charge < -0.3 is 102 Å². The highest BCUT2D eigenvalue weighted by atomic mass is 16.5. The van der Waals surface area contributed by atoms with Crippen LogP contribution >= 0.6 is 0 Å². The summed E-state index contributed by atoms with van der Waals surface area (Å²) >= 11 is 0. The summed E-state index contributed by atoms with van der Waals surface area (Å²) in [4.78, 5) is 22.2. The van der Waals surface area contributed by atoms with Gasteiger partial charge in [0.1, 0.15) is 0 Å². The second kappa shape index (κ2) is 71.0. The number of likely N-dealkylation sites (N-methyl/N-ethyl adjacent to an activating group) is 2. The number of nitrogens with one attached hydrogen (secondary N) is 1. The van der Waals surface area contributed by atoms with Crippen LogP contribution in [0.1, 0.15) is 402 Å². The number of likely N-dealkylation sites (tertiary alicyclic amines) is 9. The summed E-state index contributed by atoms with van der Waals surface area (Å²) in [6.45, 7) is 106. The summed E-state index contributed by atoms with van der Waals surface area (Å²) in [5.41, 5.74) is 0.370. The molecule has 0 aromatic heterocycles. The summed E-state index contributed by atoms with van der Waals surface area (Å²) in [5.74, 6) is 4.98. The lowest BCUT2D eigenvalue weighted by atomic mass is 9.92. The molecule has 0 aromatic carbocycles. The summed E-state index contributed by atoms with van der Waals surface area (Å²) in [6, 6.07) is 1.31. The molecule has 1 aliphatic carbocycles. The zero-order valence-corrected chi connectivity index (χ0v) is 98.6. The van der Waals surface area contributed by atoms with Crippen molar-refractivity contribution in [3.05, 3.63) is 0 Å². The Morgan fingerprint density at radius 1 is 0.277 bits per heavy atom. The van der Waals surface area contributed by atoms with Gasteiger partial charge in [0.05, 0.1) is 89.0 Å². The molecule has 21 heteroatoms. The first-order valence-electron chi connectivity index (χ1n) is 56.6. The van der Waals surface area contributed by atoms with Gasteiger partial charge in [-0.1, -0.05) is 67.2 Å². The topological polar surface area (TPSA) is 165 Å². The smallest absolute Gasteiger partial charge is 0.0777 e. The van der Waals surface area contributed by atoms with Crippen molar-refractivity contribution in [1.29, 1.82) is 0 Å². The Hall–Kier alpha value is -0.840. The van der Waals surface area contributed by atoms with Gasteiger partial charge in [-0.3, -0.25) is 0 Å². The van der Waals surface area contributed by atoms with Gasteiger partial charge in [-0.15, -0.1) is 0 Å². The average molecular weight is 1950 g/mol. The normalized spacial score (nSPS) is 23.7.